The number of benzene rings is 2. The molecule has 1 aliphatic carbocycles. The fourth-order valence-electron chi connectivity index (χ4n) is 8.27. The van der Waals surface area contributed by atoms with Gasteiger partial charge >= 0.3 is 0 Å². The van der Waals surface area contributed by atoms with Gasteiger partial charge in [0.15, 0.2) is 0 Å². The molecule has 7 rings (SSSR count). The lowest BCUT2D eigenvalue weighted by Crippen LogP contribution is -2.49. The van der Waals surface area contributed by atoms with Crippen molar-refractivity contribution in [2.75, 3.05) is 26.2 Å². The number of nitrogens with zero attached hydrogens (tertiary/aromatic N) is 4. The lowest BCUT2D eigenvalue weighted by molar-refractivity contribution is -0.141. The SMILES string of the molecule is CC(CC1(C(N)=O)CCCCC1)C(=O)N1CCc2cccc(O[C@H]3CCN(C(=O)c4cncs4)C3)c2[C@H]1CN1C(=O)c2ccccc2C1=O. The molecular weight excluding hydrogens is 643 g/mol. The predicted octanol–water partition coefficient (Wildman–Crippen LogP) is 4.62. The Morgan fingerprint density at radius 1 is 1.02 bits per heavy atom. The maximum absolute atomic E-state index is 14.5. The normalized spacial score (nSPS) is 22.1. The molecule has 4 heterocycles. The van der Waals surface area contributed by atoms with E-state index in [0.717, 1.165) is 30.4 Å². The van der Waals surface area contributed by atoms with Gasteiger partial charge in [-0.2, -0.15) is 0 Å². The summed E-state index contributed by atoms with van der Waals surface area (Å²) in [5, 5.41) is 0. The van der Waals surface area contributed by atoms with Gasteiger partial charge in [0.2, 0.25) is 11.8 Å². The molecule has 12 heteroatoms. The summed E-state index contributed by atoms with van der Waals surface area (Å²) >= 11 is 1.30. The minimum atomic E-state index is -0.724. The molecule has 4 aliphatic rings. The van der Waals surface area contributed by atoms with E-state index >= 15 is 0 Å². The number of rotatable bonds is 9. The maximum Gasteiger partial charge on any atom is 0.265 e. The van der Waals surface area contributed by atoms with Crippen LogP contribution in [0.2, 0.25) is 0 Å². The fraction of sp³-hybridized carbons (Fsp3) is 0.459. The van der Waals surface area contributed by atoms with Gasteiger partial charge in [-0.25, -0.2) is 0 Å². The van der Waals surface area contributed by atoms with Crippen LogP contribution in [-0.4, -0.2) is 81.5 Å². The molecule has 5 amide bonds. The number of aromatic nitrogens is 1. The van der Waals surface area contributed by atoms with Crippen molar-refractivity contribution in [3.63, 3.8) is 0 Å². The molecule has 1 unspecified atom stereocenters. The van der Waals surface area contributed by atoms with Gasteiger partial charge in [-0.05, 0) is 49.4 Å². The number of hydrogen-bond acceptors (Lipinski definition) is 8. The lowest BCUT2D eigenvalue weighted by atomic mass is 9.68. The number of nitrogens with two attached hydrogens (primary N) is 1. The van der Waals surface area contributed by atoms with Crippen molar-refractivity contribution < 1.29 is 28.7 Å². The van der Waals surface area contributed by atoms with Crippen LogP contribution in [0.3, 0.4) is 0 Å². The Labute approximate surface area is 289 Å². The zero-order valence-electron chi connectivity index (χ0n) is 27.6. The van der Waals surface area contributed by atoms with Crippen LogP contribution in [-0.2, 0) is 16.0 Å². The molecule has 3 atom stereocenters. The third kappa shape index (κ3) is 6.11. The van der Waals surface area contributed by atoms with Crippen molar-refractivity contribution in [1.82, 2.24) is 19.7 Å². The molecule has 1 aromatic heterocycles. The summed E-state index contributed by atoms with van der Waals surface area (Å²) in [6.07, 6.45) is 7.03. The second-order valence-corrected chi connectivity index (χ2v) is 14.7. The molecule has 0 radical (unpaired) electrons. The summed E-state index contributed by atoms with van der Waals surface area (Å²) in [6.45, 7) is 3.14. The first kappa shape index (κ1) is 32.9. The first-order chi connectivity index (χ1) is 23.7. The molecule has 2 fully saturated rings. The molecule has 1 saturated carbocycles. The zero-order chi connectivity index (χ0) is 34.3. The third-order valence-electron chi connectivity index (χ3n) is 10.8. The molecule has 1 saturated heterocycles. The highest BCUT2D eigenvalue weighted by molar-refractivity contribution is 7.11. The molecule has 2 N–H and O–H groups in total. The number of carbonyl (C=O) groups excluding carboxylic acids is 5. The smallest absolute Gasteiger partial charge is 0.265 e. The number of imide groups is 1. The second kappa shape index (κ2) is 13.4. The average molecular weight is 684 g/mol. The Morgan fingerprint density at radius 2 is 1.76 bits per heavy atom. The Hall–Kier alpha value is -4.58. The van der Waals surface area contributed by atoms with E-state index in [-0.39, 0.29) is 30.4 Å². The highest BCUT2D eigenvalue weighted by atomic mass is 32.1. The quantitative estimate of drug-likeness (QED) is 0.324. The van der Waals surface area contributed by atoms with Crippen molar-refractivity contribution in [2.24, 2.45) is 17.1 Å². The van der Waals surface area contributed by atoms with Gasteiger partial charge in [-0.1, -0.05) is 50.5 Å². The molecular formula is C37H41N5O6S. The minimum Gasteiger partial charge on any atom is -0.488 e. The summed E-state index contributed by atoms with van der Waals surface area (Å²) < 4.78 is 6.65. The van der Waals surface area contributed by atoms with Crippen molar-refractivity contribution >= 4 is 40.9 Å². The van der Waals surface area contributed by atoms with Gasteiger partial charge in [-0.15, -0.1) is 11.3 Å². The molecule has 0 spiro atoms. The maximum atomic E-state index is 14.5. The van der Waals surface area contributed by atoms with Crippen molar-refractivity contribution in [3.05, 3.63) is 81.3 Å². The van der Waals surface area contributed by atoms with E-state index in [2.05, 4.69) is 4.98 Å². The summed E-state index contributed by atoms with van der Waals surface area (Å²) in [4.78, 5) is 76.9. The van der Waals surface area contributed by atoms with E-state index in [0.29, 0.717) is 73.5 Å². The first-order valence-corrected chi connectivity index (χ1v) is 18.1. The van der Waals surface area contributed by atoms with Gasteiger partial charge in [-0.3, -0.25) is 33.9 Å². The van der Waals surface area contributed by atoms with E-state index in [1.165, 1.54) is 16.2 Å². The van der Waals surface area contributed by atoms with Crippen molar-refractivity contribution in [1.29, 1.82) is 0 Å². The van der Waals surface area contributed by atoms with Crippen molar-refractivity contribution in [2.45, 2.75) is 70.4 Å². The molecule has 256 valence electrons. The fourth-order valence-corrected chi connectivity index (χ4v) is 8.86. The largest absolute Gasteiger partial charge is 0.488 e. The zero-order valence-corrected chi connectivity index (χ0v) is 28.5. The molecule has 11 nitrogen and oxygen atoms in total. The number of hydrogen-bond donors (Lipinski definition) is 1. The molecule has 3 aromatic rings. The van der Waals surface area contributed by atoms with Crippen LogP contribution >= 0.6 is 11.3 Å². The Balaban J connectivity index is 1.19. The van der Waals surface area contributed by atoms with Crippen LogP contribution in [0.4, 0.5) is 0 Å². The third-order valence-corrected chi connectivity index (χ3v) is 11.6. The Morgan fingerprint density at radius 3 is 2.43 bits per heavy atom. The summed E-state index contributed by atoms with van der Waals surface area (Å²) in [7, 11) is 0. The second-order valence-electron chi connectivity index (χ2n) is 13.8. The Bertz CT molecular complexity index is 1750. The van der Waals surface area contributed by atoms with Crippen LogP contribution in [0.25, 0.3) is 0 Å². The molecule has 49 heavy (non-hydrogen) atoms. The van der Waals surface area contributed by atoms with E-state index in [9.17, 15) is 24.0 Å². The van der Waals surface area contributed by atoms with E-state index in [4.69, 9.17) is 10.5 Å². The number of amides is 5. The lowest BCUT2D eigenvalue weighted by Gasteiger charge is -2.42. The number of fused-ring (bicyclic) bond motifs is 2. The summed E-state index contributed by atoms with van der Waals surface area (Å²) in [5.74, 6) is -1.30. The molecule has 2 aromatic carbocycles. The monoisotopic (exact) mass is 683 g/mol. The Kier molecular flexibility index (Phi) is 8.99. The van der Waals surface area contributed by atoms with Crippen LogP contribution in [0.15, 0.2) is 54.2 Å². The highest BCUT2D eigenvalue weighted by Crippen LogP contribution is 2.44. The standard InChI is InChI=1S/C37H41N5O6S/c1-23(18-37(36(38)47)14-5-2-6-15-37)32(43)41-17-12-24-8-7-11-29(48-25-13-16-40(20-25)35(46)30-19-39-22-49-30)31(24)28(41)21-42-33(44)26-9-3-4-10-27(26)34(42)45/h3-4,7-11,19,22-23,25,28H,2,5-6,12-18,20-21H2,1H3,(H2,38,47)/t23?,25-,28+/m0/s1. The minimum absolute atomic E-state index is 0.0419. The van der Waals surface area contributed by atoms with Gasteiger partial charge in [0, 0.05) is 36.4 Å². The van der Waals surface area contributed by atoms with Crippen molar-refractivity contribution in [3.8, 4) is 5.75 Å². The van der Waals surface area contributed by atoms with Crippen LogP contribution in [0, 0.1) is 11.3 Å². The van der Waals surface area contributed by atoms with E-state index in [1.807, 2.05) is 25.1 Å². The van der Waals surface area contributed by atoms with Gasteiger partial charge in [0.05, 0.1) is 42.0 Å². The van der Waals surface area contributed by atoms with E-state index < -0.39 is 29.2 Å². The number of thiazole rings is 1. The van der Waals surface area contributed by atoms with Crippen LogP contribution in [0.5, 0.6) is 5.75 Å². The van der Waals surface area contributed by atoms with E-state index in [1.54, 1.807) is 45.8 Å². The number of primary amides is 1. The van der Waals surface area contributed by atoms with Gasteiger partial charge in [0.1, 0.15) is 16.7 Å². The topological polar surface area (TPSA) is 143 Å². The summed E-state index contributed by atoms with van der Waals surface area (Å²) in [6, 6.07) is 11.9. The molecule has 3 aliphatic heterocycles. The average Bonchev–Trinajstić information content (AvgIpc) is 3.87. The van der Waals surface area contributed by atoms with Gasteiger partial charge < -0.3 is 20.3 Å². The van der Waals surface area contributed by atoms with Gasteiger partial charge in [0.25, 0.3) is 17.7 Å². The van der Waals surface area contributed by atoms with Crippen LogP contribution in [0.1, 0.15) is 99.4 Å². The van der Waals surface area contributed by atoms with Crippen LogP contribution < -0.4 is 10.5 Å². The molecule has 0 bridgehead atoms. The number of carbonyl (C=O) groups is 5. The first-order valence-electron chi connectivity index (χ1n) is 17.2. The predicted molar refractivity (Wildman–Crippen MR) is 182 cm³/mol. The number of likely N-dealkylation sites (tertiary alicyclic amines) is 1. The summed E-state index contributed by atoms with van der Waals surface area (Å²) in [5.41, 5.74) is 9.31. The number of ether oxygens (including phenoxy) is 1. The highest BCUT2D eigenvalue weighted by Gasteiger charge is 2.45.